The van der Waals surface area contributed by atoms with Gasteiger partial charge in [0.05, 0.1) is 32.1 Å². The van der Waals surface area contributed by atoms with Crippen LogP contribution < -0.4 is 10.3 Å². The van der Waals surface area contributed by atoms with Gasteiger partial charge in [0.15, 0.2) is 22.5 Å². The van der Waals surface area contributed by atoms with Gasteiger partial charge in [0.2, 0.25) is 0 Å². The number of benzene rings is 2. The van der Waals surface area contributed by atoms with E-state index in [0.29, 0.717) is 49.9 Å². The lowest BCUT2D eigenvalue weighted by Crippen LogP contribution is -2.23. The topological polar surface area (TPSA) is 66.2 Å². The molecule has 46 heavy (non-hydrogen) atoms. The Morgan fingerprint density at radius 1 is 1.07 bits per heavy atom. The number of hydrogen-bond donors (Lipinski definition) is 0. The Morgan fingerprint density at radius 3 is 2.63 bits per heavy atom. The standard InChI is InChI=1S/C35H30F3N3O3S2/c1-4-8-23(5-2)30(44-21-24-9-6-7-10-27(24)36)14-16-46-35-39-32(26-13-15-45-33(26)40-35)25-18-29(38)34(42)41(20-25)19-22-11-12-31(43-3)28(37)17-22/h4-13,15,17-18,20,30H,1-2,14,16,19,21H2,3H3/b23-8+. The minimum atomic E-state index is -0.955. The van der Waals surface area contributed by atoms with Crippen LogP contribution in [0.2, 0.25) is 0 Å². The van der Waals surface area contributed by atoms with Gasteiger partial charge in [0.25, 0.3) is 5.56 Å². The molecule has 2 aromatic carbocycles. The number of methoxy groups -OCH3 is 1. The van der Waals surface area contributed by atoms with Gasteiger partial charge in [0.1, 0.15) is 10.6 Å². The van der Waals surface area contributed by atoms with Gasteiger partial charge in [-0.3, -0.25) is 4.79 Å². The van der Waals surface area contributed by atoms with Gasteiger partial charge >= 0.3 is 0 Å². The molecule has 3 heterocycles. The number of nitrogens with zero attached hydrogens (tertiary/aromatic N) is 3. The fraction of sp³-hybridized carbons (Fsp3) is 0.171. The van der Waals surface area contributed by atoms with E-state index in [1.54, 1.807) is 42.5 Å². The molecule has 0 aliphatic heterocycles. The van der Waals surface area contributed by atoms with Gasteiger partial charge in [-0.2, -0.15) is 0 Å². The Bertz CT molecular complexity index is 1970. The number of rotatable bonds is 14. The number of thioether (sulfide) groups is 1. The number of aromatic nitrogens is 3. The van der Waals surface area contributed by atoms with Gasteiger partial charge in [0, 0.05) is 28.5 Å². The third kappa shape index (κ3) is 7.67. The van der Waals surface area contributed by atoms with Crippen molar-refractivity contribution in [2.75, 3.05) is 12.9 Å². The highest BCUT2D eigenvalue weighted by atomic mass is 32.2. The third-order valence-corrected chi connectivity index (χ3v) is 8.80. The van der Waals surface area contributed by atoms with Crippen molar-refractivity contribution in [1.82, 2.24) is 14.5 Å². The third-order valence-electron chi connectivity index (χ3n) is 7.12. The molecule has 5 aromatic rings. The first-order valence-electron chi connectivity index (χ1n) is 14.2. The minimum absolute atomic E-state index is 0.0535. The second-order valence-electron chi connectivity index (χ2n) is 10.1. The maximum atomic E-state index is 15.0. The molecule has 0 aliphatic carbocycles. The molecular weight excluding hydrogens is 632 g/mol. The molecule has 1 unspecified atom stereocenters. The smallest absolute Gasteiger partial charge is 0.286 e. The summed E-state index contributed by atoms with van der Waals surface area (Å²) in [4.78, 5) is 22.9. The molecule has 5 rings (SSSR count). The first kappa shape index (κ1) is 32.9. The quantitative estimate of drug-likeness (QED) is 0.0677. The van der Waals surface area contributed by atoms with Crippen LogP contribution in [-0.2, 0) is 17.9 Å². The molecule has 6 nitrogen and oxygen atoms in total. The van der Waals surface area contributed by atoms with E-state index in [1.807, 2.05) is 11.4 Å². The van der Waals surface area contributed by atoms with E-state index in [-0.39, 0.29) is 24.7 Å². The number of fused-ring (bicyclic) bond motifs is 1. The fourth-order valence-electron chi connectivity index (χ4n) is 4.82. The predicted octanol–water partition coefficient (Wildman–Crippen LogP) is 8.36. The number of allylic oxidation sites excluding steroid dienone is 2. The van der Waals surface area contributed by atoms with Crippen molar-refractivity contribution < 1.29 is 22.6 Å². The van der Waals surface area contributed by atoms with E-state index in [1.165, 1.54) is 59.2 Å². The number of ether oxygens (including phenoxy) is 2. The summed E-state index contributed by atoms with van der Waals surface area (Å²) in [6, 6.07) is 13.8. The molecule has 0 aliphatic rings. The van der Waals surface area contributed by atoms with Crippen LogP contribution in [0, 0.1) is 17.5 Å². The maximum Gasteiger partial charge on any atom is 0.286 e. The van der Waals surface area contributed by atoms with Crippen LogP contribution in [0.1, 0.15) is 17.5 Å². The molecule has 0 spiro atoms. The SMILES string of the molecule is C=C/C=C(\C=C)C(CCSc1nc(-c2cc(F)c(=O)n(Cc3ccc(OC)c(F)c3)c2)c2ccsc2n1)OCc1ccccc1F. The zero-order chi connectivity index (χ0) is 32.6. The van der Waals surface area contributed by atoms with Gasteiger partial charge in [-0.1, -0.05) is 67.4 Å². The van der Waals surface area contributed by atoms with E-state index in [2.05, 4.69) is 13.2 Å². The highest BCUT2D eigenvalue weighted by Gasteiger charge is 2.18. The molecule has 0 fully saturated rings. The Kier molecular flexibility index (Phi) is 10.9. The lowest BCUT2D eigenvalue weighted by atomic mass is 10.1. The molecule has 0 radical (unpaired) electrons. The first-order valence-corrected chi connectivity index (χ1v) is 16.1. The summed E-state index contributed by atoms with van der Waals surface area (Å²) in [6.45, 7) is 7.69. The summed E-state index contributed by atoms with van der Waals surface area (Å²) in [5.74, 6) is -1.27. The van der Waals surface area contributed by atoms with Crippen LogP contribution in [-0.4, -0.2) is 33.5 Å². The van der Waals surface area contributed by atoms with Crippen molar-refractivity contribution in [2.24, 2.45) is 0 Å². The highest BCUT2D eigenvalue weighted by molar-refractivity contribution is 7.99. The normalized spacial score (nSPS) is 12.3. The van der Waals surface area contributed by atoms with Gasteiger partial charge < -0.3 is 14.0 Å². The van der Waals surface area contributed by atoms with Crippen LogP contribution in [0.15, 0.2) is 113 Å². The lowest BCUT2D eigenvalue weighted by molar-refractivity contribution is 0.0633. The monoisotopic (exact) mass is 661 g/mol. The van der Waals surface area contributed by atoms with Crippen molar-refractivity contribution in [3.63, 3.8) is 0 Å². The number of pyridine rings is 1. The Morgan fingerprint density at radius 2 is 1.89 bits per heavy atom. The Balaban J connectivity index is 1.39. The van der Waals surface area contributed by atoms with Crippen molar-refractivity contribution in [2.45, 2.75) is 30.8 Å². The lowest BCUT2D eigenvalue weighted by Gasteiger charge is -2.19. The van der Waals surface area contributed by atoms with Crippen molar-refractivity contribution in [3.05, 3.63) is 142 Å². The number of halogens is 3. The molecule has 11 heteroatoms. The summed E-state index contributed by atoms with van der Waals surface area (Å²) in [7, 11) is 1.36. The second-order valence-corrected chi connectivity index (χ2v) is 12.1. The molecule has 0 saturated heterocycles. The number of hydrogen-bond acceptors (Lipinski definition) is 7. The van der Waals surface area contributed by atoms with Crippen LogP contribution in [0.25, 0.3) is 21.5 Å². The van der Waals surface area contributed by atoms with Gasteiger partial charge in [-0.05, 0) is 53.3 Å². The van der Waals surface area contributed by atoms with Gasteiger partial charge in [-0.25, -0.2) is 23.1 Å². The molecule has 3 aromatic heterocycles. The molecule has 0 amide bonds. The highest BCUT2D eigenvalue weighted by Crippen LogP contribution is 2.32. The summed E-state index contributed by atoms with van der Waals surface area (Å²) in [5, 5.41) is 3.04. The van der Waals surface area contributed by atoms with E-state index >= 15 is 4.39 Å². The van der Waals surface area contributed by atoms with Crippen LogP contribution in [0.5, 0.6) is 5.75 Å². The zero-order valence-corrected chi connectivity index (χ0v) is 26.6. The van der Waals surface area contributed by atoms with Gasteiger partial charge in [-0.15, -0.1) is 11.3 Å². The van der Waals surface area contributed by atoms with E-state index < -0.39 is 23.3 Å². The summed E-state index contributed by atoms with van der Waals surface area (Å²) in [6.07, 6.45) is 6.80. The maximum absolute atomic E-state index is 15.0. The predicted molar refractivity (Wildman–Crippen MR) is 178 cm³/mol. The Hall–Kier alpha value is -4.45. The minimum Gasteiger partial charge on any atom is -0.494 e. The van der Waals surface area contributed by atoms with Crippen molar-refractivity contribution in [3.8, 4) is 17.0 Å². The van der Waals surface area contributed by atoms with Crippen LogP contribution >= 0.6 is 23.1 Å². The average Bonchev–Trinajstić information content (AvgIpc) is 3.53. The van der Waals surface area contributed by atoms with Crippen molar-refractivity contribution in [1.29, 1.82) is 0 Å². The summed E-state index contributed by atoms with van der Waals surface area (Å²) < 4.78 is 55.8. The zero-order valence-electron chi connectivity index (χ0n) is 24.9. The summed E-state index contributed by atoms with van der Waals surface area (Å²) in [5.41, 5.74) is 1.73. The molecule has 0 N–H and O–H groups in total. The molecule has 0 bridgehead atoms. The summed E-state index contributed by atoms with van der Waals surface area (Å²) >= 11 is 2.81. The molecule has 236 valence electrons. The largest absolute Gasteiger partial charge is 0.494 e. The molecular formula is C35H30F3N3O3S2. The van der Waals surface area contributed by atoms with Crippen LogP contribution in [0.3, 0.4) is 0 Å². The van der Waals surface area contributed by atoms with Crippen LogP contribution in [0.4, 0.5) is 13.2 Å². The second kappa shape index (κ2) is 15.2. The fourth-order valence-corrected chi connectivity index (χ4v) is 6.47. The van der Waals surface area contributed by atoms with E-state index in [9.17, 15) is 13.6 Å². The van der Waals surface area contributed by atoms with E-state index in [4.69, 9.17) is 19.4 Å². The average molecular weight is 662 g/mol. The number of thiophene rings is 1. The van der Waals surface area contributed by atoms with Crippen molar-refractivity contribution >= 4 is 33.3 Å². The Labute approximate surface area is 272 Å². The van der Waals surface area contributed by atoms with E-state index in [0.717, 1.165) is 11.6 Å². The molecule has 1 atom stereocenters. The first-order chi connectivity index (χ1) is 22.3. The molecule has 0 saturated carbocycles.